The Morgan fingerprint density at radius 2 is 2.33 bits per heavy atom. The van der Waals surface area contributed by atoms with Gasteiger partial charge in [-0.15, -0.1) is 0 Å². The average molecular weight is 127 g/mol. The van der Waals surface area contributed by atoms with E-state index in [-0.39, 0.29) is 5.91 Å². The molecule has 0 aromatic carbocycles. The van der Waals surface area contributed by atoms with E-state index in [1.807, 2.05) is 0 Å². The van der Waals surface area contributed by atoms with E-state index in [2.05, 4.69) is 15.8 Å². The molecule has 2 N–H and O–H groups in total. The van der Waals surface area contributed by atoms with Gasteiger partial charge in [-0.2, -0.15) is 0 Å². The fourth-order valence-corrected chi connectivity index (χ4v) is 0.503. The standard InChI is InChI=1S/C5H9N3O/c1-5(2)4(9)8-7-3-6-5/h3H,1-2H3,(H,6,7)(H,8,9). The molecular formula is C5H9N3O. The number of amides is 1. The van der Waals surface area contributed by atoms with Gasteiger partial charge in [0.1, 0.15) is 11.9 Å². The Morgan fingerprint density at radius 1 is 1.67 bits per heavy atom. The van der Waals surface area contributed by atoms with Crippen molar-refractivity contribution in [3.63, 3.8) is 0 Å². The minimum atomic E-state index is -0.606. The quantitative estimate of drug-likeness (QED) is 0.457. The van der Waals surface area contributed by atoms with Crippen LogP contribution in [0.3, 0.4) is 0 Å². The van der Waals surface area contributed by atoms with E-state index in [0.29, 0.717) is 0 Å². The Kier molecular flexibility index (Phi) is 1.16. The van der Waals surface area contributed by atoms with Gasteiger partial charge >= 0.3 is 0 Å². The zero-order chi connectivity index (χ0) is 6.91. The minimum Gasteiger partial charge on any atom is -0.288 e. The Hall–Kier alpha value is -1.06. The topological polar surface area (TPSA) is 53.5 Å². The molecule has 0 aromatic rings. The molecule has 0 saturated heterocycles. The predicted octanol–water partition coefficient (Wildman–Crippen LogP) is -0.572. The summed E-state index contributed by atoms with van der Waals surface area (Å²) in [5.74, 6) is -0.106. The molecule has 1 rings (SSSR count). The molecular weight excluding hydrogens is 118 g/mol. The number of nitrogens with zero attached hydrogens (tertiary/aromatic N) is 1. The molecule has 4 heteroatoms. The summed E-state index contributed by atoms with van der Waals surface area (Å²) in [7, 11) is 0. The second-order valence-electron chi connectivity index (χ2n) is 2.42. The molecule has 0 aliphatic carbocycles. The maximum absolute atomic E-state index is 10.8. The summed E-state index contributed by atoms with van der Waals surface area (Å²) in [6.45, 7) is 3.50. The minimum absolute atomic E-state index is 0.106. The molecule has 0 radical (unpaired) electrons. The smallest absolute Gasteiger partial charge is 0.265 e. The monoisotopic (exact) mass is 127 g/mol. The SMILES string of the molecule is CC1(C)N=CNNC1=O. The molecule has 1 heterocycles. The summed E-state index contributed by atoms with van der Waals surface area (Å²) < 4.78 is 0. The van der Waals surface area contributed by atoms with Gasteiger partial charge in [-0.25, -0.2) is 0 Å². The van der Waals surface area contributed by atoms with Gasteiger partial charge < -0.3 is 0 Å². The summed E-state index contributed by atoms with van der Waals surface area (Å²) in [5, 5.41) is 0. The molecule has 50 valence electrons. The van der Waals surface area contributed by atoms with Crippen LogP contribution in [0.15, 0.2) is 4.99 Å². The van der Waals surface area contributed by atoms with Crippen LogP contribution in [0.4, 0.5) is 0 Å². The van der Waals surface area contributed by atoms with E-state index < -0.39 is 5.54 Å². The summed E-state index contributed by atoms with van der Waals surface area (Å²) >= 11 is 0. The Morgan fingerprint density at radius 3 is 2.67 bits per heavy atom. The van der Waals surface area contributed by atoms with Crippen LogP contribution in [0, 0.1) is 0 Å². The van der Waals surface area contributed by atoms with E-state index >= 15 is 0 Å². The number of hydrogen-bond acceptors (Lipinski definition) is 3. The average Bonchev–Trinajstić information content (AvgIpc) is 1.77. The third kappa shape index (κ3) is 1.01. The van der Waals surface area contributed by atoms with Crippen LogP contribution in [0.5, 0.6) is 0 Å². The van der Waals surface area contributed by atoms with Gasteiger partial charge in [-0.3, -0.25) is 20.6 Å². The largest absolute Gasteiger partial charge is 0.288 e. The van der Waals surface area contributed by atoms with Crippen molar-refractivity contribution in [2.45, 2.75) is 19.4 Å². The van der Waals surface area contributed by atoms with Crippen molar-refractivity contribution in [3.05, 3.63) is 0 Å². The summed E-state index contributed by atoms with van der Waals surface area (Å²) in [5.41, 5.74) is 4.33. The highest BCUT2D eigenvalue weighted by Crippen LogP contribution is 2.08. The maximum Gasteiger partial charge on any atom is 0.265 e. The van der Waals surface area contributed by atoms with Crippen molar-refractivity contribution >= 4 is 12.2 Å². The van der Waals surface area contributed by atoms with Crippen molar-refractivity contribution in [1.82, 2.24) is 10.9 Å². The third-order valence-corrected chi connectivity index (χ3v) is 1.19. The second-order valence-corrected chi connectivity index (χ2v) is 2.42. The number of nitrogens with one attached hydrogen (secondary N) is 2. The van der Waals surface area contributed by atoms with Crippen LogP contribution in [-0.4, -0.2) is 17.8 Å². The number of hydrazine groups is 1. The molecule has 1 amide bonds. The van der Waals surface area contributed by atoms with Crippen molar-refractivity contribution in [3.8, 4) is 0 Å². The molecule has 4 nitrogen and oxygen atoms in total. The predicted molar refractivity (Wildman–Crippen MR) is 33.8 cm³/mol. The van der Waals surface area contributed by atoms with Gasteiger partial charge in [0.15, 0.2) is 0 Å². The fourth-order valence-electron chi connectivity index (χ4n) is 0.503. The van der Waals surface area contributed by atoms with Crippen molar-refractivity contribution in [1.29, 1.82) is 0 Å². The Balaban J connectivity index is 2.81. The molecule has 0 spiro atoms. The molecule has 1 aliphatic heterocycles. The zero-order valence-corrected chi connectivity index (χ0v) is 5.43. The lowest BCUT2D eigenvalue weighted by Gasteiger charge is -2.22. The highest BCUT2D eigenvalue weighted by molar-refractivity contribution is 5.89. The van der Waals surface area contributed by atoms with Crippen molar-refractivity contribution in [2.75, 3.05) is 0 Å². The lowest BCUT2D eigenvalue weighted by atomic mass is 10.1. The van der Waals surface area contributed by atoms with Crippen molar-refractivity contribution < 1.29 is 4.79 Å². The van der Waals surface area contributed by atoms with E-state index in [1.54, 1.807) is 13.8 Å². The Labute approximate surface area is 53.3 Å². The molecule has 0 aromatic heterocycles. The summed E-state index contributed by atoms with van der Waals surface area (Å²) in [6, 6.07) is 0. The first-order valence-corrected chi connectivity index (χ1v) is 2.72. The van der Waals surface area contributed by atoms with Crippen LogP contribution >= 0.6 is 0 Å². The van der Waals surface area contributed by atoms with Gasteiger partial charge in [0.2, 0.25) is 0 Å². The highest BCUT2D eigenvalue weighted by Gasteiger charge is 2.27. The number of carbonyl (C=O) groups excluding carboxylic acids is 1. The first-order chi connectivity index (χ1) is 4.13. The number of carbonyl (C=O) groups is 1. The lowest BCUT2D eigenvalue weighted by molar-refractivity contribution is -0.126. The van der Waals surface area contributed by atoms with Crippen LogP contribution in [0.1, 0.15) is 13.8 Å². The molecule has 1 aliphatic rings. The second kappa shape index (κ2) is 1.72. The van der Waals surface area contributed by atoms with Gasteiger partial charge in [0, 0.05) is 0 Å². The van der Waals surface area contributed by atoms with E-state index in [0.717, 1.165) is 0 Å². The molecule has 0 unspecified atom stereocenters. The maximum atomic E-state index is 10.8. The molecule has 9 heavy (non-hydrogen) atoms. The fraction of sp³-hybridized carbons (Fsp3) is 0.600. The van der Waals surface area contributed by atoms with Crippen LogP contribution in [-0.2, 0) is 4.79 Å². The van der Waals surface area contributed by atoms with Crippen molar-refractivity contribution in [2.24, 2.45) is 4.99 Å². The van der Waals surface area contributed by atoms with Gasteiger partial charge in [-0.05, 0) is 13.8 Å². The first kappa shape index (κ1) is 6.07. The normalized spacial score (nSPS) is 22.7. The third-order valence-electron chi connectivity index (χ3n) is 1.19. The highest BCUT2D eigenvalue weighted by atomic mass is 16.2. The number of rotatable bonds is 0. The lowest BCUT2D eigenvalue weighted by Crippen LogP contribution is -2.51. The number of aliphatic imine (C=N–C) groups is 1. The molecule has 0 fully saturated rings. The summed E-state index contributed by atoms with van der Waals surface area (Å²) in [4.78, 5) is 14.7. The van der Waals surface area contributed by atoms with Gasteiger partial charge in [0.25, 0.3) is 5.91 Å². The molecule has 0 saturated carbocycles. The molecule has 0 atom stereocenters. The van der Waals surface area contributed by atoms with Gasteiger partial charge in [0.05, 0.1) is 0 Å². The van der Waals surface area contributed by atoms with Gasteiger partial charge in [-0.1, -0.05) is 0 Å². The zero-order valence-electron chi connectivity index (χ0n) is 5.43. The Bertz CT molecular complexity index is 162. The first-order valence-electron chi connectivity index (χ1n) is 2.72. The van der Waals surface area contributed by atoms with E-state index in [9.17, 15) is 4.79 Å². The van der Waals surface area contributed by atoms with E-state index in [1.165, 1.54) is 6.34 Å². The van der Waals surface area contributed by atoms with Crippen LogP contribution < -0.4 is 10.9 Å². The summed E-state index contributed by atoms with van der Waals surface area (Å²) in [6.07, 6.45) is 1.47. The molecule has 0 bridgehead atoms. The van der Waals surface area contributed by atoms with Crippen LogP contribution in [0.25, 0.3) is 0 Å². The van der Waals surface area contributed by atoms with E-state index in [4.69, 9.17) is 0 Å². The number of hydrogen-bond donors (Lipinski definition) is 2. The van der Waals surface area contributed by atoms with Crippen LogP contribution in [0.2, 0.25) is 0 Å².